The van der Waals surface area contributed by atoms with E-state index in [0.717, 1.165) is 5.82 Å². The first-order valence-corrected chi connectivity index (χ1v) is 4.82. The van der Waals surface area contributed by atoms with E-state index in [0.29, 0.717) is 11.9 Å². The van der Waals surface area contributed by atoms with Gasteiger partial charge in [-0.05, 0) is 19.8 Å². The van der Waals surface area contributed by atoms with E-state index in [-0.39, 0.29) is 6.04 Å². The van der Waals surface area contributed by atoms with Gasteiger partial charge in [0.2, 0.25) is 5.89 Å². The smallest absolute Gasteiger partial charge is 0.223 e. The van der Waals surface area contributed by atoms with Gasteiger partial charge in [-0.15, -0.1) is 0 Å². The predicted octanol–water partition coefficient (Wildman–Crippen LogP) is 1.58. The van der Waals surface area contributed by atoms with Gasteiger partial charge in [0.15, 0.2) is 5.82 Å². The standard InChI is InChI=1S/C9H15N3O/c1-6(10-8-4-3-5-8)9-11-7(2)13-12-9/h6,8,10H,3-5H2,1-2H3. The molecule has 4 nitrogen and oxygen atoms in total. The highest BCUT2D eigenvalue weighted by Crippen LogP contribution is 2.21. The number of rotatable bonds is 3. The van der Waals surface area contributed by atoms with E-state index in [1.54, 1.807) is 0 Å². The monoisotopic (exact) mass is 181 g/mol. The van der Waals surface area contributed by atoms with E-state index < -0.39 is 0 Å². The quantitative estimate of drug-likeness (QED) is 0.769. The Morgan fingerprint density at radius 3 is 2.77 bits per heavy atom. The van der Waals surface area contributed by atoms with Crippen molar-refractivity contribution in [3.8, 4) is 0 Å². The van der Waals surface area contributed by atoms with Crippen molar-refractivity contribution in [3.05, 3.63) is 11.7 Å². The molecule has 1 aliphatic rings. The molecule has 2 rings (SSSR count). The largest absolute Gasteiger partial charge is 0.340 e. The second-order valence-corrected chi connectivity index (χ2v) is 3.69. The topological polar surface area (TPSA) is 51.0 Å². The summed E-state index contributed by atoms with van der Waals surface area (Å²) in [5, 5.41) is 7.34. The Morgan fingerprint density at radius 2 is 2.31 bits per heavy atom. The van der Waals surface area contributed by atoms with Crippen LogP contribution in [-0.4, -0.2) is 16.2 Å². The highest BCUT2D eigenvalue weighted by atomic mass is 16.5. The summed E-state index contributed by atoms with van der Waals surface area (Å²) in [7, 11) is 0. The Balaban J connectivity index is 1.92. The molecule has 1 unspecified atom stereocenters. The Bertz CT molecular complexity index is 280. The van der Waals surface area contributed by atoms with Gasteiger partial charge in [-0.3, -0.25) is 0 Å². The molecule has 1 saturated carbocycles. The van der Waals surface area contributed by atoms with E-state index in [2.05, 4.69) is 22.4 Å². The van der Waals surface area contributed by atoms with Crippen molar-refractivity contribution in [2.45, 2.75) is 45.2 Å². The van der Waals surface area contributed by atoms with Crippen LogP contribution in [0.15, 0.2) is 4.52 Å². The van der Waals surface area contributed by atoms with Gasteiger partial charge >= 0.3 is 0 Å². The molecule has 1 N–H and O–H groups in total. The zero-order chi connectivity index (χ0) is 9.26. The summed E-state index contributed by atoms with van der Waals surface area (Å²) in [6.45, 7) is 3.88. The number of hydrogen-bond acceptors (Lipinski definition) is 4. The lowest BCUT2D eigenvalue weighted by Crippen LogP contribution is -2.37. The first-order valence-electron chi connectivity index (χ1n) is 4.82. The van der Waals surface area contributed by atoms with Gasteiger partial charge in [-0.2, -0.15) is 4.98 Å². The average Bonchev–Trinajstić information content (AvgIpc) is 2.44. The minimum Gasteiger partial charge on any atom is -0.340 e. The molecule has 1 atom stereocenters. The molecule has 1 aromatic rings. The normalized spacial score (nSPS) is 19.8. The molecule has 13 heavy (non-hydrogen) atoms. The summed E-state index contributed by atoms with van der Waals surface area (Å²) in [5.74, 6) is 1.40. The summed E-state index contributed by atoms with van der Waals surface area (Å²) in [6, 6.07) is 0.872. The van der Waals surface area contributed by atoms with Crippen molar-refractivity contribution in [2.24, 2.45) is 0 Å². The first-order chi connectivity index (χ1) is 6.25. The SMILES string of the molecule is Cc1nc(C(C)NC2CCC2)no1. The van der Waals surface area contributed by atoms with Gasteiger partial charge in [0, 0.05) is 13.0 Å². The van der Waals surface area contributed by atoms with Gasteiger partial charge in [0.25, 0.3) is 0 Å². The fraction of sp³-hybridized carbons (Fsp3) is 0.778. The highest BCUT2D eigenvalue weighted by Gasteiger charge is 2.21. The fourth-order valence-corrected chi connectivity index (χ4v) is 1.49. The van der Waals surface area contributed by atoms with Crippen molar-refractivity contribution >= 4 is 0 Å². The van der Waals surface area contributed by atoms with E-state index >= 15 is 0 Å². The molecule has 72 valence electrons. The predicted molar refractivity (Wildman–Crippen MR) is 48.2 cm³/mol. The van der Waals surface area contributed by atoms with Crippen LogP contribution in [0.4, 0.5) is 0 Å². The van der Waals surface area contributed by atoms with E-state index in [1.807, 2.05) is 6.92 Å². The van der Waals surface area contributed by atoms with Crippen molar-refractivity contribution in [3.63, 3.8) is 0 Å². The third-order valence-electron chi connectivity index (χ3n) is 2.52. The minimum absolute atomic E-state index is 0.211. The molecule has 1 heterocycles. The van der Waals surface area contributed by atoms with E-state index in [4.69, 9.17) is 4.52 Å². The van der Waals surface area contributed by atoms with Crippen LogP contribution in [0, 0.1) is 6.92 Å². The molecular formula is C9H15N3O. The maximum Gasteiger partial charge on any atom is 0.223 e. The number of hydrogen-bond donors (Lipinski definition) is 1. The summed E-state index contributed by atoms with van der Waals surface area (Å²) in [5.41, 5.74) is 0. The fourth-order valence-electron chi connectivity index (χ4n) is 1.49. The summed E-state index contributed by atoms with van der Waals surface area (Å²) < 4.78 is 4.92. The first kappa shape index (κ1) is 8.69. The lowest BCUT2D eigenvalue weighted by atomic mass is 9.92. The van der Waals surface area contributed by atoms with E-state index in [9.17, 15) is 0 Å². The van der Waals surface area contributed by atoms with Crippen LogP contribution in [0.5, 0.6) is 0 Å². The molecule has 0 saturated heterocycles. The van der Waals surface area contributed by atoms with Gasteiger partial charge < -0.3 is 9.84 Å². The molecule has 0 aliphatic heterocycles. The van der Waals surface area contributed by atoms with Crippen molar-refractivity contribution in [1.82, 2.24) is 15.5 Å². The molecule has 0 bridgehead atoms. The summed E-state index contributed by atoms with van der Waals surface area (Å²) in [4.78, 5) is 4.18. The molecule has 4 heteroatoms. The molecule has 0 aromatic carbocycles. The number of nitrogens with zero attached hydrogens (tertiary/aromatic N) is 2. The number of aromatic nitrogens is 2. The number of nitrogens with one attached hydrogen (secondary N) is 1. The Hall–Kier alpha value is -0.900. The lowest BCUT2D eigenvalue weighted by molar-refractivity contribution is 0.302. The Kier molecular flexibility index (Phi) is 2.31. The van der Waals surface area contributed by atoms with Gasteiger partial charge in [0.1, 0.15) is 0 Å². The van der Waals surface area contributed by atoms with Crippen LogP contribution in [0.1, 0.15) is 43.9 Å². The second kappa shape index (κ2) is 3.46. The highest BCUT2D eigenvalue weighted by molar-refractivity contribution is 4.93. The Morgan fingerprint density at radius 1 is 1.54 bits per heavy atom. The third kappa shape index (κ3) is 1.88. The van der Waals surface area contributed by atoms with Crippen LogP contribution >= 0.6 is 0 Å². The lowest BCUT2D eigenvalue weighted by Gasteiger charge is -2.28. The molecule has 1 fully saturated rings. The van der Waals surface area contributed by atoms with Crippen molar-refractivity contribution in [1.29, 1.82) is 0 Å². The molecule has 0 amide bonds. The maximum absolute atomic E-state index is 4.92. The van der Waals surface area contributed by atoms with Gasteiger partial charge in [-0.25, -0.2) is 0 Å². The zero-order valence-electron chi connectivity index (χ0n) is 8.08. The maximum atomic E-state index is 4.92. The second-order valence-electron chi connectivity index (χ2n) is 3.69. The Labute approximate surface area is 77.7 Å². The van der Waals surface area contributed by atoms with Crippen LogP contribution in [0.2, 0.25) is 0 Å². The third-order valence-corrected chi connectivity index (χ3v) is 2.52. The molecular weight excluding hydrogens is 166 g/mol. The van der Waals surface area contributed by atoms with E-state index in [1.165, 1.54) is 19.3 Å². The number of aryl methyl sites for hydroxylation is 1. The van der Waals surface area contributed by atoms with Gasteiger partial charge in [0.05, 0.1) is 6.04 Å². The van der Waals surface area contributed by atoms with Crippen LogP contribution in [-0.2, 0) is 0 Å². The van der Waals surface area contributed by atoms with Crippen LogP contribution in [0.3, 0.4) is 0 Å². The van der Waals surface area contributed by atoms with Crippen molar-refractivity contribution < 1.29 is 4.52 Å². The summed E-state index contributed by atoms with van der Waals surface area (Å²) >= 11 is 0. The van der Waals surface area contributed by atoms with Crippen molar-refractivity contribution in [2.75, 3.05) is 0 Å². The van der Waals surface area contributed by atoms with Crippen LogP contribution in [0.25, 0.3) is 0 Å². The zero-order valence-corrected chi connectivity index (χ0v) is 8.08. The average molecular weight is 181 g/mol. The summed E-state index contributed by atoms with van der Waals surface area (Å²) in [6.07, 6.45) is 3.90. The molecule has 0 radical (unpaired) electrons. The van der Waals surface area contributed by atoms with Crippen LogP contribution < -0.4 is 5.32 Å². The molecule has 0 spiro atoms. The molecule has 1 aliphatic carbocycles. The van der Waals surface area contributed by atoms with Gasteiger partial charge in [-0.1, -0.05) is 11.6 Å². The minimum atomic E-state index is 0.211. The molecule has 1 aromatic heterocycles.